The van der Waals surface area contributed by atoms with Crippen LogP contribution < -0.4 is 5.73 Å². The Bertz CT molecular complexity index is 604. The normalized spacial score (nSPS) is 24.2. The highest BCUT2D eigenvalue weighted by atomic mass is 32.2. The first kappa shape index (κ1) is 15.0. The second-order valence-electron chi connectivity index (χ2n) is 5.35. The van der Waals surface area contributed by atoms with Gasteiger partial charge in [-0.3, -0.25) is 0 Å². The van der Waals surface area contributed by atoms with Gasteiger partial charge in [0, 0.05) is 19.1 Å². The summed E-state index contributed by atoms with van der Waals surface area (Å²) in [5, 5.41) is 8.73. The molecule has 0 amide bonds. The molecule has 0 aromatic heterocycles. The van der Waals surface area contributed by atoms with Gasteiger partial charge in [0.25, 0.3) is 0 Å². The van der Waals surface area contributed by atoms with Crippen molar-refractivity contribution in [3.8, 4) is 6.07 Å². The fourth-order valence-corrected chi connectivity index (χ4v) is 4.00. The van der Waals surface area contributed by atoms with E-state index in [2.05, 4.69) is 0 Å². The third-order valence-corrected chi connectivity index (χ3v) is 5.58. The van der Waals surface area contributed by atoms with Gasteiger partial charge in [0.05, 0.1) is 17.4 Å². The van der Waals surface area contributed by atoms with Crippen molar-refractivity contribution in [3.63, 3.8) is 0 Å². The lowest BCUT2D eigenvalue weighted by atomic mass is 9.96. The van der Waals surface area contributed by atoms with Crippen molar-refractivity contribution in [2.24, 2.45) is 11.7 Å². The lowest BCUT2D eigenvalue weighted by Crippen LogP contribution is -2.48. The summed E-state index contributed by atoms with van der Waals surface area (Å²) >= 11 is 0. The predicted octanol–water partition coefficient (Wildman–Crippen LogP) is 1.06. The van der Waals surface area contributed by atoms with Gasteiger partial charge in [-0.05, 0) is 30.0 Å². The zero-order chi connectivity index (χ0) is 14.8. The van der Waals surface area contributed by atoms with Gasteiger partial charge in [-0.2, -0.15) is 5.26 Å². The Labute approximate surface area is 120 Å². The predicted molar refractivity (Wildman–Crippen MR) is 77.1 cm³/mol. The van der Waals surface area contributed by atoms with Crippen LogP contribution in [0.4, 0.5) is 0 Å². The summed E-state index contributed by atoms with van der Waals surface area (Å²) in [7, 11) is -3.32. The zero-order valence-electron chi connectivity index (χ0n) is 11.5. The Hall–Kier alpha value is -1.42. The van der Waals surface area contributed by atoms with Gasteiger partial charge in [-0.1, -0.05) is 19.1 Å². The lowest BCUT2D eigenvalue weighted by molar-refractivity contribution is 0.250. The van der Waals surface area contributed by atoms with Crippen molar-refractivity contribution in [2.45, 2.75) is 25.1 Å². The number of nitriles is 1. The Kier molecular flexibility index (Phi) is 4.43. The van der Waals surface area contributed by atoms with Crippen molar-refractivity contribution in [2.75, 3.05) is 13.1 Å². The summed E-state index contributed by atoms with van der Waals surface area (Å²) in [4.78, 5) is 0. The van der Waals surface area contributed by atoms with E-state index in [4.69, 9.17) is 11.0 Å². The van der Waals surface area contributed by atoms with E-state index < -0.39 is 10.0 Å². The molecule has 1 aromatic carbocycles. The molecule has 0 bridgehead atoms. The fourth-order valence-electron chi connectivity index (χ4n) is 2.36. The third-order valence-electron chi connectivity index (χ3n) is 3.76. The molecule has 2 unspecified atom stereocenters. The molecule has 1 aliphatic rings. The van der Waals surface area contributed by atoms with E-state index in [0.29, 0.717) is 30.6 Å². The van der Waals surface area contributed by atoms with Gasteiger partial charge >= 0.3 is 0 Å². The Morgan fingerprint density at radius 2 is 2.05 bits per heavy atom. The van der Waals surface area contributed by atoms with Gasteiger partial charge in [0.15, 0.2) is 0 Å². The Morgan fingerprint density at radius 3 is 2.60 bits per heavy atom. The van der Waals surface area contributed by atoms with Crippen molar-refractivity contribution in [1.29, 1.82) is 5.26 Å². The molecule has 1 fully saturated rings. The minimum absolute atomic E-state index is 0.0271. The molecule has 1 aromatic rings. The Balaban J connectivity index is 2.09. The second kappa shape index (κ2) is 5.92. The van der Waals surface area contributed by atoms with Crippen molar-refractivity contribution in [1.82, 2.24) is 4.31 Å². The van der Waals surface area contributed by atoms with Gasteiger partial charge in [-0.15, -0.1) is 0 Å². The van der Waals surface area contributed by atoms with Crippen LogP contribution in [0.3, 0.4) is 0 Å². The molecule has 108 valence electrons. The van der Waals surface area contributed by atoms with E-state index in [1.54, 1.807) is 24.3 Å². The van der Waals surface area contributed by atoms with Gasteiger partial charge in [-0.25, -0.2) is 12.7 Å². The lowest BCUT2D eigenvalue weighted by Gasteiger charge is -2.34. The number of rotatable bonds is 3. The largest absolute Gasteiger partial charge is 0.327 e. The molecule has 5 nitrogen and oxygen atoms in total. The summed E-state index contributed by atoms with van der Waals surface area (Å²) in [6.07, 6.45) is 0.702. The molecule has 20 heavy (non-hydrogen) atoms. The molecular weight excluding hydrogens is 274 g/mol. The SMILES string of the molecule is CC1CN(S(=O)(=O)Cc2ccc(C#N)cc2)CCC1N. The van der Waals surface area contributed by atoms with E-state index >= 15 is 0 Å². The maximum absolute atomic E-state index is 12.4. The average Bonchev–Trinajstić information content (AvgIpc) is 2.42. The second-order valence-corrected chi connectivity index (χ2v) is 7.32. The first-order valence-corrected chi connectivity index (χ1v) is 8.26. The molecule has 0 aliphatic carbocycles. The van der Waals surface area contributed by atoms with Crippen LogP contribution in [0.15, 0.2) is 24.3 Å². The topological polar surface area (TPSA) is 87.2 Å². The van der Waals surface area contributed by atoms with E-state index in [1.165, 1.54) is 4.31 Å². The highest BCUT2D eigenvalue weighted by molar-refractivity contribution is 7.88. The van der Waals surface area contributed by atoms with E-state index in [1.807, 2.05) is 13.0 Å². The van der Waals surface area contributed by atoms with Crippen molar-refractivity contribution in [3.05, 3.63) is 35.4 Å². The highest BCUT2D eigenvalue weighted by Gasteiger charge is 2.30. The van der Waals surface area contributed by atoms with E-state index in [0.717, 1.165) is 0 Å². The van der Waals surface area contributed by atoms with Gasteiger partial charge < -0.3 is 5.73 Å². The average molecular weight is 293 g/mol. The molecule has 1 saturated heterocycles. The third kappa shape index (κ3) is 3.37. The molecule has 2 atom stereocenters. The number of hydrogen-bond donors (Lipinski definition) is 1. The number of benzene rings is 1. The molecule has 2 rings (SSSR count). The fraction of sp³-hybridized carbons (Fsp3) is 0.500. The quantitative estimate of drug-likeness (QED) is 0.902. The number of nitrogens with two attached hydrogens (primary N) is 1. The first-order valence-electron chi connectivity index (χ1n) is 6.65. The van der Waals surface area contributed by atoms with Crippen molar-refractivity contribution >= 4 is 10.0 Å². The molecule has 1 aliphatic heterocycles. The highest BCUT2D eigenvalue weighted by Crippen LogP contribution is 2.20. The molecule has 1 heterocycles. The van der Waals surface area contributed by atoms with E-state index in [9.17, 15) is 8.42 Å². The van der Waals surface area contributed by atoms with Crippen LogP contribution in [0.1, 0.15) is 24.5 Å². The monoisotopic (exact) mass is 293 g/mol. The number of sulfonamides is 1. The van der Waals surface area contributed by atoms with Crippen LogP contribution in [-0.2, 0) is 15.8 Å². The smallest absolute Gasteiger partial charge is 0.218 e. The van der Waals surface area contributed by atoms with Crippen molar-refractivity contribution < 1.29 is 8.42 Å². The summed E-state index contributed by atoms with van der Waals surface area (Å²) in [5.41, 5.74) is 7.15. The summed E-state index contributed by atoms with van der Waals surface area (Å²) in [5.74, 6) is 0.153. The molecule has 6 heteroatoms. The molecule has 0 spiro atoms. The van der Waals surface area contributed by atoms with Crippen LogP contribution in [-0.4, -0.2) is 31.9 Å². The van der Waals surface area contributed by atoms with Crippen LogP contribution in [0, 0.1) is 17.2 Å². The van der Waals surface area contributed by atoms with Crippen LogP contribution in [0.5, 0.6) is 0 Å². The van der Waals surface area contributed by atoms with Gasteiger partial charge in [0.1, 0.15) is 0 Å². The van der Waals surface area contributed by atoms with Crippen LogP contribution in [0.2, 0.25) is 0 Å². The maximum atomic E-state index is 12.4. The van der Waals surface area contributed by atoms with Crippen LogP contribution >= 0.6 is 0 Å². The standard InChI is InChI=1S/C14H19N3O2S/c1-11-9-17(7-6-14(11)16)20(18,19)10-13-4-2-12(8-15)3-5-13/h2-5,11,14H,6-7,9-10,16H2,1H3. The van der Waals surface area contributed by atoms with Gasteiger partial charge in [0.2, 0.25) is 10.0 Å². The number of nitrogens with zero attached hydrogens (tertiary/aromatic N) is 2. The molecular formula is C14H19N3O2S. The molecule has 0 saturated carbocycles. The van der Waals surface area contributed by atoms with E-state index in [-0.39, 0.29) is 17.7 Å². The van der Waals surface area contributed by atoms with Crippen LogP contribution in [0.25, 0.3) is 0 Å². The first-order chi connectivity index (χ1) is 9.42. The zero-order valence-corrected chi connectivity index (χ0v) is 12.3. The summed E-state index contributed by atoms with van der Waals surface area (Å²) in [6.45, 7) is 2.96. The number of hydrogen-bond acceptors (Lipinski definition) is 4. The Morgan fingerprint density at radius 1 is 1.40 bits per heavy atom. The minimum atomic E-state index is -3.32. The maximum Gasteiger partial charge on any atom is 0.218 e. The summed E-state index contributed by atoms with van der Waals surface area (Å²) in [6, 6.07) is 8.75. The molecule has 0 radical (unpaired) electrons. The molecule has 2 N–H and O–H groups in total. The number of piperidine rings is 1. The minimum Gasteiger partial charge on any atom is -0.327 e. The summed E-state index contributed by atoms with van der Waals surface area (Å²) < 4.78 is 26.3.